The summed E-state index contributed by atoms with van der Waals surface area (Å²) in [6, 6.07) is 1.75. The van der Waals surface area contributed by atoms with Crippen molar-refractivity contribution in [1.29, 1.82) is 0 Å². The van der Waals surface area contributed by atoms with E-state index in [1.807, 2.05) is 13.0 Å². The largest absolute Gasteiger partial charge is 0.351 e. The van der Waals surface area contributed by atoms with Crippen LogP contribution in [-0.4, -0.2) is 55.8 Å². The lowest BCUT2D eigenvalue weighted by Crippen LogP contribution is -2.53. The van der Waals surface area contributed by atoms with Gasteiger partial charge in [-0.3, -0.25) is 14.4 Å². The zero-order valence-corrected chi connectivity index (χ0v) is 21.3. The van der Waals surface area contributed by atoms with Crippen molar-refractivity contribution in [3.63, 3.8) is 0 Å². The number of fused-ring (bicyclic) bond motifs is 1. The summed E-state index contributed by atoms with van der Waals surface area (Å²) in [5.41, 5.74) is 3.36. The van der Waals surface area contributed by atoms with Crippen LogP contribution in [0.1, 0.15) is 75.7 Å². The van der Waals surface area contributed by atoms with E-state index >= 15 is 0 Å². The van der Waals surface area contributed by atoms with Crippen molar-refractivity contribution >= 4 is 40.0 Å². The topological polar surface area (TPSA) is 118 Å². The normalized spacial score (nSPS) is 21.3. The van der Waals surface area contributed by atoms with E-state index in [9.17, 15) is 14.4 Å². The average molecular weight is 477 g/mol. The molecule has 2 aliphatic heterocycles. The Morgan fingerprint density at radius 3 is 2.57 bits per heavy atom. The maximum absolute atomic E-state index is 13.4. The molecule has 0 aliphatic carbocycles. The molecule has 2 aliphatic rings. The Morgan fingerprint density at radius 1 is 1.23 bits per heavy atom. The van der Waals surface area contributed by atoms with Crippen LogP contribution in [0.3, 0.4) is 0 Å². The highest BCUT2D eigenvalue weighted by Gasteiger charge is 2.34. The summed E-state index contributed by atoms with van der Waals surface area (Å²) in [6.45, 7) is 13.6. The van der Waals surface area contributed by atoms with Crippen molar-refractivity contribution < 1.29 is 14.4 Å². The molecule has 9 heteroatoms. The number of aromatic nitrogens is 3. The molecule has 184 valence electrons. The van der Waals surface area contributed by atoms with Crippen LogP contribution in [0, 0.1) is 5.92 Å². The van der Waals surface area contributed by atoms with Crippen molar-refractivity contribution in [1.82, 2.24) is 25.4 Å². The standard InChI is InChI=1S/C26H32N6O3/c1-14-8-15(2)29-24(35)19(14)12-27-23(34)18-9-21(17-10-25(4,5)31-26(6,7)11-17)30-22-20(18)13-28-32(22)16(3)33/h8-10,13,19,31H,11-12H2,1-7H3,(H,27,34). The molecular weight excluding hydrogens is 444 g/mol. The number of carbonyl (C=O) groups excluding carboxylic acids is 3. The Kier molecular flexibility index (Phi) is 6.09. The molecule has 0 aromatic carbocycles. The van der Waals surface area contributed by atoms with Crippen molar-refractivity contribution in [2.24, 2.45) is 10.9 Å². The van der Waals surface area contributed by atoms with Gasteiger partial charge in [0, 0.05) is 30.3 Å². The van der Waals surface area contributed by atoms with Gasteiger partial charge in [-0.2, -0.15) is 9.78 Å². The van der Waals surface area contributed by atoms with Gasteiger partial charge in [0.1, 0.15) is 0 Å². The molecule has 2 amide bonds. The van der Waals surface area contributed by atoms with Gasteiger partial charge in [-0.15, -0.1) is 0 Å². The third kappa shape index (κ3) is 5.00. The van der Waals surface area contributed by atoms with E-state index < -0.39 is 5.92 Å². The van der Waals surface area contributed by atoms with Gasteiger partial charge < -0.3 is 10.6 Å². The van der Waals surface area contributed by atoms with Gasteiger partial charge in [0.25, 0.3) is 11.8 Å². The van der Waals surface area contributed by atoms with E-state index in [2.05, 4.69) is 54.5 Å². The smallest absolute Gasteiger partial charge is 0.254 e. The van der Waals surface area contributed by atoms with Crippen molar-refractivity contribution in [3.05, 3.63) is 41.2 Å². The minimum atomic E-state index is -0.506. The SMILES string of the molecule is CC(=O)n1ncc2c(C(=O)NCC3C(=O)N=C(C)C=C3C)cc(C3=CC(C)(C)NC(C)(C)C3)nc21. The third-order valence-electron chi connectivity index (χ3n) is 6.28. The Labute approximate surface area is 204 Å². The fraction of sp³-hybridized carbons (Fsp3) is 0.462. The van der Waals surface area contributed by atoms with E-state index in [1.54, 1.807) is 13.0 Å². The molecule has 1 unspecified atom stereocenters. The molecule has 0 fully saturated rings. The molecule has 0 saturated heterocycles. The Morgan fingerprint density at radius 2 is 1.94 bits per heavy atom. The zero-order valence-electron chi connectivity index (χ0n) is 21.3. The first-order valence-corrected chi connectivity index (χ1v) is 11.7. The molecule has 4 rings (SSSR count). The molecule has 1 atom stereocenters. The number of carbonyl (C=O) groups is 3. The molecule has 0 saturated carbocycles. The predicted molar refractivity (Wildman–Crippen MR) is 135 cm³/mol. The molecule has 0 bridgehead atoms. The fourth-order valence-electron chi connectivity index (χ4n) is 5.11. The number of allylic oxidation sites excluding steroid dienone is 1. The quantitative estimate of drug-likeness (QED) is 0.699. The molecule has 2 N–H and O–H groups in total. The van der Waals surface area contributed by atoms with Crippen LogP contribution >= 0.6 is 0 Å². The van der Waals surface area contributed by atoms with Gasteiger partial charge in [-0.05, 0) is 65.7 Å². The molecule has 35 heavy (non-hydrogen) atoms. The molecule has 9 nitrogen and oxygen atoms in total. The second kappa shape index (κ2) is 8.64. The van der Waals surface area contributed by atoms with Crippen molar-refractivity contribution in [3.8, 4) is 0 Å². The van der Waals surface area contributed by atoms with Crippen LogP contribution in [0.4, 0.5) is 0 Å². The highest BCUT2D eigenvalue weighted by molar-refractivity contribution is 6.08. The Bertz CT molecular complexity index is 1340. The highest BCUT2D eigenvalue weighted by atomic mass is 16.2. The Hall–Kier alpha value is -3.46. The maximum Gasteiger partial charge on any atom is 0.254 e. The minimum absolute atomic E-state index is 0.128. The first kappa shape index (κ1) is 24.7. The molecule has 0 spiro atoms. The number of dihydropyridines is 1. The van der Waals surface area contributed by atoms with E-state index in [1.165, 1.54) is 17.8 Å². The number of hydrogen-bond donors (Lipinski definition) is 2. The van der Waals surface area contributed by atoms with E-state index in [-0.39, 0.29) is 35.3 Å². The van der Waals surface area contributed by atoms with Crippen molar-refractivity contribution in [2.75, 3.05) is 6.54 Å². The van der Waals surface area contributed by atoms with Crippen LogP contribution in [0.25, 0.3) is 16.6 Å². The molecule has 2 aromatic heterocycles. The summed E-state index contributed by atoms with van der Waals surface area (Å²) in [4.78, 5) is 46.8. The maximum atomic E-state index is 13.4. The predicted octanol–water partition coefficient (Wildman–Crippen LogP) is 3.32. The molecular formula is C26H32N6O3. The number of pyridine rings is 1. The minimum Gasteiger partial charge on any atom is -0.351 e. The first-order chi connectivity index (χ1) is 16.3. The van der Waals surface area contributed by atoms with Crippen LogP contribution in [0.15, 0.2) is 35.0 Å². The van der Waals surface area contributed by atoms with Gasteiger partial charge in [0.05, 0.1) is 28.8 Å². The van der Waals surface area contributed by atoms with Crippen LogP contribution in [0.5, 0.6) is 0 Å². The van der Waals surface area contributed by atoms with E-state index in [0.29, 0.717) is 34.4 Å². The van der Waals surface area contributed by atoms with Crippen molar-refractivity contribution in [2.45, 2.75) is 66.0 Å². The third-order valence-corrected chi connectivity index (χ3v) is 6.28. The van der Waals surface area contributed by atoms with Gasteiger partial charge in [0.2, 0.25) is 5.91 Å². The Balaban J connectivity index is 1.74. The van der Waals surface area contributed by atoms with Crippen LogP contribution < -0.4 is 10.6 Å². The van der Waals surface area contributed by atoms with Gasteiger partial charge >= 0.3 is 0 Å². The number of aliphatic imine (C=N–C) groups is 1. The number of rotatable bonds is 4. The number of hydrogen-bond acceptors (Lipinski definition) is 6. The average Bonchev–Trinajstić information content (AvgIpc) is 3.14. The lowest BCUT2D eigenvalue weighted by atomic mass is 9.82. The number of amides is 2. The first-order valence-electron chi connectivity index (χ1n) is 11.7. The summed E-state index contributed by atoms with van der Waals surface area (Å²) < 4.78 is 1.21. The highest BCUT2D eigenvalue weighted by Crippen LogP contribution is 2.34. The second-order valence-electron chi connectivity index (χ2n) is 10.7. The van der Waals surface area contributed by atoms with E-state index in [4.69, 9.17) is 4.98 Å². The second-order valence-corrected chi connectivity index (χ2v) is 10.7. The van der Waals surface area contributed by atoms with Gasteiger partial charge in [-0.1, -0.05) is 11.6 Å². The summed E-state index contributed by atoms with van der Waals surface area (Å²) in [6.07, 6.45) is 6.14. The van der Waals surface area contributed by atoms with Crippen LogP contribution in [-0.2, 0) is 4.79 Å². The van der Waals surface area contributed by atoms with Crippen LogP contribution in [0.2, 0.25) is 0 Å². The molecule has 4 heterocycles. The fourth-order valence-corrected chi connectivity index (χ4v) is 5.11. The van der Waals surface area contributed by atoms with E-state index in [0.717, 1.165) is 11.1 Å². The molecule has 2 aromatic rings. The lowest BCUT2D eigenvalue weighted by molar-refractivity contribution is -0.120. The molecule has 0 radical (unpaired) electrons. The summed E-state index contributed by atoms with van der Waals surface area (Å²) >= 11 is 0. The summed E-state index contributed by atoms with van der Waals surface area (Å²) in [5, 5.41) is 11.1. The monoisotopic (exact) mass is 476 g/mol. The van der Waals surface area contributed by atoms with Gasteiger partial charge in [-0.25, -0.2) is 9.98 Å². The lowest BCUT2D eigenvalue weighted by Gasteiger charge is -2.41. The summed E-state index contributed by atoms with van der Waals surface area (Å²) in [7, 11) is 0. The summed E-state index contributed by atoms with van der Waals surface area (Å²) in [5.74, 6) is -1.43. The number of nitrogens with zero attached hydrogens (tertiary/aromatic N) is 4. The zero-order chi connectivity index (χ0) is 25.7. The van der Waals surface area contributed by atoms with Gasteiger partial charge in [0.15, 0.2) is 5.65 Å². The number of nitrogens with one attached hydrogen (secondary N) is 2.